The zero-order chi connectivity index (χ0) is 15.0. The van der Waals surface area contributed by atoms with Crippen LogP contribution in [0, 0.1) is 22.7 Å². The maximum atomic E-state index is 8.89. The van der Waals surface area contributed by atoms with Gasteiger partial charge in [-0.15, -0.1) is 0 Å². The van der Waals surface area contributed by atoms with Crippen molar-refractivity contribution in [2.24, 2.45) is 0 Å². The van der Waals surface area contributed by atoms with E-state index in [0.29, 0.717) is 12.1 Å². The van der Waals surface area contributed by atoms with Gasteiger partial charge in [0.05, 0.1) is 6.61 Å². The van der Waals surface area contributed by atoms with Crippen LogP contribution in [-0.2, 0) is 0 Å². The highest BCUT2D eigenvalue weighted by molar-refractivity contribution is 5.59. The molecule has 0 unspecified atom stereocenters. The van der Waals surface area contributed by atoms with Gasteiger partial charge < -0.3 is 10.0 Å². The van der Waals surface area contributed by atoms with E-state index in [2.05, 4.69) is 0 Å². The number of anilines is 1. The zero-order valence-corrected chi connectivity index (χ0v) is 11.7. The minimum atomic E-state index is 0.118. The average Bonchev–Trinajstić information content (AvgIpc) is 2.47. The maximum Gasteiger partial charge on any atom is 0.132 e. The molecule has 4 nitrogen and oxygen atoms in total. The number of nitriles is 2. The molecule has 0 aliphatic rings. The zero-order valence-electron chi connectivity index (χ0n) is 11.7. The van der Waals surface area contributed by atoms with Gasteiger partial charge in [0.15, 0.2) is 0 Å². The Morgan fingerprint density at radius 2 is 1.85 bits per heavy atom. The van der Waals surface area contributed by atoms with Crippen LogP contribution in [0.25, 0.3) is 6.08 Å². The third-order valence-corrected chi connectivity index (χ3v) is 2.91. The molecule has 0 heterocycles. The molecule has 0 bridgehead atoms. The number of benzene rings is 1. The third-order valence-electron chi connectivity index (χ3n) is 2.91. The summed E-state index contributed by atoms with van der Waals surface area (Å²) in [6.07, 6.45) is 3.62. The Hall–Kier alpha value is -2.56. The monoisotopic (exact) mass is 267 g/mol. The number of rotatable bonds is 5. The summed E-state index contributed by atoms with van der Waals surface area (Å²) < 4.78 is 0. The van der Waals surface area contributed by atoms with Crippen LogP contribution in [0.15, 0.2) is 41.5 Å². The lowest BCUT2D eigenvalue weighted by Crippen LogP contribution is -2.20. The van der Waals surface area contributed by atoms with E-state index < -0.39 is 0 Å². The van der Waals surface area contributed by atoms with E-state index in [1.165, 1.54) is 0 Å². The summed E-state index contributed by atoms with van der Waals surface area (Å²) in [5.41, 5.74) is 2.79. The van der Waals surface area contributed by atoms with Crippen LogP contribution in [0.1, 0.15) is 12.5 Å². The lowest BCUT2D eigenvalue weighted by atomic mass is 10.1. The first-order valence-electron chi connectivity index (χ1n) is 6.23. The van der Waals surface area contributed by atoms with E-state index in [-0.39, 0.29) is 12.2 Å². The second-order valence-electron chi connectivity index (χ2n) is 4.35. The first kappa shape index (κ1) is 15.5. The van der Waals surface area contributed by atoms with Crippen LogP contribution in [0.4, 0.5) is 5.69 Å². The van der Waals surface area contributed by atoms with Crippen LogP contribution in [0.2, 0.25) is 0 Å². The van der Waals surface area contributed by atoms with Crippen molar-refractivity contribution in [2.45, 2.75) is 6.92 Å². The van der Waals surface area contributed by atoms with Gasteiger partial charge in [-0.25, -0.2) is 0 Å². The molecule has 0 spiro atoms. The summed E-state index contributed by atoms with van der Waals surface area (Å²) in [6.45, 7) is 2.44. The van der Waals surface area contributed by atoms with Crippen LogP contribution in [0.3, 0.4) is 0 Å². The summed E-state index contributed by atoms with van der Waals surface area (Å²) in [5, 5.41) is 26.4. The van der Waals surface area contributed by atoms with E-state index in [1.54, 1.807) is 13.0 Å². The fourth-order valence-corrected chi connectivity index (χ4v) is 1.62. The molecule has 0 aliphatic heterocycles. The minimum Gasteiger partial charge on any atom is -0.395 e. The second-order valence-corrected chi connectivity index (χ2v) is 4.35. The number of allylic oxidation sites excluding steroid dienone is 3. The molecule has 1 rings (SSSR count). The number of aliphatic hydroxyl groups is 1. The largest absolute Gasteiger partial charge is 0.395 e. The van der Waals surface area contributed by atoms with Crippen molar-refractivity contribution < 1.29 is 5.11 Å². The molecule has 0 aromatic heterocycles. The fraction of sp³-hybridized carbons (Fsp3) is 0.250. The van der Waals surface area contributed by atoms with Gasteiger partial charge in [-0.05, 0) is 30.2 Å². The highest BCUT2D eigenvalue weighted by Gasteiger charge is 1.99. The first-order chi connectivity index (χ1) is 9.62. The molecule has 0 amide bonds. The molecule has 0 saturated heterocycles. The smallest absolute Gasteiger partial charge is 0.132 e. The fourth-order valence-electron chi connectivity index (χ4n) is 1.62. The van der Waals surface area contributed by atoms with Gasteiger partial charge in [-0.1, -0.05) is 24.3 Å². The highest BCUT2D eigenvalue weighted by Crippen LogP contribution is 2.15. The lowest BCUT2D eigenvalue weighted by Gasteiger charge is -2.17. The van der Waals surface area contributed by atoms with Gasteiger partial charge in [0.1, 0.15) is 17.7 Å². The molecule has 4 heteroatoms. The lowest BCUT2D eigenvalue weighted by molar-refractivity contribution is 0.304. The molecule has 102 valence electrons. The van der Waals surface area contributed by atoms with E-state index in [1.807, 2.05) is 54.4 Å². The summed E-state index contributed by atoms with van der Waals surface area (Å²) in [7, 11) is 1.92. The van der Waals surface area contributed by atoms with Crippen LogP contribution >= 0.6 is 0 Å². The van der Waals surface area contributed by atoms with Crippen molar-refractivity contribution in [3.05, 3.63) is 47.1 Å². The van der Waals surface area contributed by atoms with E-state index in [9.17, 15) is 0 Å². The molecule has 20 heavy (non-hydrogen) atoms. The molecule has 0 radical (unpaired) electrons. The Balaban J connectivity index is 2.84. The van der Waals surface area contributed by atoms with Crippen molar-refractivity contribution in [1.82, 2.24) is 0 Å². The quantitative estimate of drug-likeness (QED) is 0.657. The van der Waals surface area contributed by atoms with Gasteiger partial charge in [-0.2, -0.15) is 10.5 Å². The minimum absolute atomic E-state index is 0.118. The first-order valence-corrected chi connectivity index (χ1v) is 6.23. The molecular formula is C16H17N3O. The Morgan fingerprint density at radius 1 is 1.25 bits per heavy atom. The van der Waals surface area contributed by atoms with Crippen molar-refractivity contribution in [2.75, 3.05) is 25.1 Å². The summed E-state index contributed by atoms with van der Waals surface area (Å²) in [4.78, 5) is 1.96. The number of hydrogen-bond acceptors (Lipinski definition) is 4. The van der Waals surface area contributed by atoms with Gasteiger partial charge in [0.2, 0.25) is 0 Å². The number of nitrogens with zero attached hydrogens (tertiary/aromatic N) is 3. The van der Waals surface area contributed by atoms with Crippen molar-refractivity contribution in [3.63, 3.8) is 0 Å². The Labute approximate surface area is 119 Å². The van der Waals surface area contributed by atoms with E-state index in [4.69, 9.17) is 15.6 Å². The molecule has 1 aromatic carbocycles. The molecule has 1 aromatic rings. The Bertz CT molecular complexity index is 570. The standard InChI is InChI=1S/C16H17N3O/c1-13(15(11-17)12-18)3-4-14-5-7-16(8-6-14)19(2)9-10-20/h3-8,20H,9-10H2,1-2H3/b4-3+. The second kappa shape index (κ2) is 7.78. The normalized spacial score (nSPS) is 9.85. The number of likely N-dealkylation sites (N-methyl/N-ethyl adjacent to an activating group) is 1. The molecule has 0 aliphatic carbocycles. The molecule has 0 saturated carbocycles. The maximum absolute atomic E-state index is 8.89. The predicted molar refractivity (Wildman–Crippen MR) is 79.8 cm³/mol. The Kier molecular flexibility index (Phi) is 6.03. The van der Waals surface area contributed by atoms with E-state index in [0.717, 1.165) is 11.3 Å². The van der Waals surface area contributed by atoms with Gasteiger partial charge in [0.25, 0.3) is 0 Å². The van der Waals surface area contributed by atoms with Crippen LogP contribution < -0.4 is 4.90 Å². The number of hydrogen-bond donors (Lipinski definition) is 1. The van der Waals surface area contributed by atoms with Crippen molar-refractivity contribution >= 4 is 11.8 Å². The molecule has 0 atom stereocenters. The summed E-state index contributed by atoms with van der Waals surface area (Å²) >= 11 is 0. The van der Waals surface area contributed by atoms with Gasteiger partial charge in [0, 0.05) is 19.3 Å². The SMILES string of the molecule is CC(/C=C/c1ccc(N(C)CCO)cc1)=C(C#N)C#N. The molecule has 1 N–H and O–H groups in total. The van der Waals surface area contributed by atoms with E-state index >= 15 is 0 Å². The van der Waals surface area contributed by atoms with Gasteiger partial charge >= 0.3 is 0 Å². The summed E-state index contributed by atoms with van der Waals surface area (Å²) in [6, 6.07) is 11.5. The third kappa shape index (κ3) is 4.28. The van der Waals surface area contributed by atoms with Crippen LogP contribution in [-0.4, -0.2) is 25.3 Å². The average molecular weight is 267 g/mol. The number of aliphatic hydroxyl groups excluding tert-OH is 1. The van der Waals surface area contributed by atoms with Crippen molar-refractivity contribution in [3.8, 4) is 12.1 Å². The highest BCUT2D eigenvalue weighted by atomic mass is 16.3. The topological polar surface area (TPSA) is 71.0 Å². The van der Waals surface area contributed by atoms with Gasteiger partial charge in [-0.3, -0.25) is 0 Å². The predicted octanol–water partition coefficient (Wildman–Crippen LogP) is 2.49. The van der Waals surface area contributed by atoms with Crippen LogP contribution in [0.5, 0.6) is 0 Å². The summed E-state index contributed by atoms with van der Waals surface area (Å²) in [5.74, 6) is 0. The molecule has 0 fully saturated rings. The molecular weight excluding hydrogens is 250 g/mol. The Morgan fingerprint density at radius 3 is 2.35 bits per heavy atom. The van der Waals surface area contributed by atoms with Crippen molar-refractivity contribution in [1.29, 1.82) is 10.5 Å².